The van der Waals surface area contributed by atoms with Gasteiger partial charge < -0.3 is 9.64 Å². The number of benzene rings is 1. The second-order valence-electron chi connectivity index (χ2n) is 5.17. The number of nitrogens with zero attached hydrogens (tertiary/aromatic N) is 2. The van der Waals surface area contributed by atoms with Gasteiger partial charge in [0.05, 0.1) is 18.9 Å². The molecule has 0 atom stereocenters. The van der Waals surface area contributed by atoms with Crippen molar-refractivity contribution in [2.24, 2.45) is 5.10 Å². The molecule has 1 N–H and O–H groups in total. The molecule has 23 heavy (non-hydrogen) atoms. The van der Waals surface area contributed by atoms with E-state index in [1.54, 1.807) is 29.2 Å². The van der Waals surface area contributed by atoms with Crippen LogP contribution < -0.4 is 5.43 Å². The van der Waals surface area contributed by atoms with Crippen molar-refractivity contribution >= 4 is 24.0 Å². The van der Waals surface area contributed by atoms with Crippen LogP contribution in [0.3, 0.4) is 0 Å². The van der Waals surface area contributed by atoms with Crippen LogP contribution in [0.4, 0.5) is 0 Å². The Morgan fingerprint density at radius 1 is 1.13 bits per heavy atom. The summed E-state index contributed by atoms with van der Waals surface area (Å²) in [7, 11) is 1.31. The number of piperidine rings is 1. The van der Waals surface area contributed by atoms with Crippen molar-refractivity contribution in [3.05, 3.63) is 35.4 Å². The summed E-state index contributed by atoms with van der Waals surface area (Å²) in [5, 5.41) is 3.76. The third kappa shape index (κ3) is 4.64. The zero-order valence-electron chi connectivity index (χ0n) is 12.9. The monoisotopic (exact) mass is 317 g/mol. The zero-order chi connectivity index (χ0) is 16.7. The van der Waals surface area contributed by atoms with Gasteiger partial charge in [0.25, 0.3) is 0 Å². The fourth-order valence-electron chi connectivity index (χ4n) is 2.28. The molecule has 2 amide bonds. The summed E-state index contributed by atoms with van der Waals surface area (Å²) < 4.78 is 4.60. The van der Waals surface area contributed by atoms with Crippen LogP contribution in [0.25, 0.3) is 0 Å². The number of esters is 1. The van der Waals surface area contributed by atoms with Gasteiger partial charge in [-0.05, 0) is 37.0 Å². The summed E-state index contributed by atoms with van der Waals surface area (Å²) in [4.78, 5) is 36.5. The second-order valence-corrected chi connectivity index (χ2v) is 5.17. The van der Waals surface area contributed by atoms with Crippen LogP contribution in [0.15, 0.2) is 29.4 Å². The first kappa shape index (κ1) is 16.7. The summed E-state index contributed by atoms with van der Waals surface area (Å²) in [6.45, 7) is 1.23. The van der Waals surface area contributed by atoms with Crippen LogP contribution in [0.5, 0.6) is 0 Å². The van der Waals surface area contributed by atoms with E-state index in [1.165, 1.54) is 13.3 Å². The minimum Gasteiger partial charge on any atom is -0.465 e. The van der Waals surface area contributed by atoms with Crippen LogP contribution in [0.1, 0.15) is 35.2 Å². The molecule has 1 heterocycles. The van der Waals surface area contributed by atoms with Gasteiger partial charge in [-0.1, -0.05) is 12.1 Å². The van der Waals surface area contributed by atoms with Crippen LogP contribution >= 0.6 is 0 Å². The van der Waals surface area contributed by atoms with Crippen LogP contribution in [-0.4, -0.2) is 49.1 Å². The van der Waals surface area contributed by atoms with Gasteiger partial charge in [-0.15, -0.1) is 0 Å². The summed E-state index contributed by atoms with van der Waals surface area (Å²) >= 11 is 0. The lowest BCUT2D eigenvalue weighted by Crippen LogP contribution is -2.43. The van der Waals surface area contributed by atoms with E-state index in [4.69, 9.17) is 0 Å². The van der Waals surface area contributed by atoms with E-state index in [-0.39, 0.29) is 0 Å². The molecular weight excluding hydrogens is 298 g/mol. The number of rotatable bonds is 3. The molecule has 0 aromatic heterocycles. The third-order valence-electron chi connectivity index (χ3n) is 3.55. The lowest BCUT2D eigenvalue weighted by Gasteiger charge is -2.25. The molecular formula is C16H19N3O4. The Labute approximate surface area is 134 Å². The van der Waals surface area contributed by atoms with Crippen LogP contribution in [-0.2, 0) is 14.3 Å². The number of likely N-dealkylation sites (tertiary alicyclic amines) is 1. The topological polar surface area (TPSA) is 88.1 Å². The molecule has 0 saturated carbocycles. The SMILES string of the molecule is COC(=O)c1ccc(C=NNC(=O)C(=O)N2CCCCC2)cc1. The van der Waals surface area contributed by atoms with Crippen molar-refractivity contribution in [3.63, 3.8) is 0 Å². The van der Waals surface area contributed by atoms with Gasteiger partial charge >= 0.3 is 17.8 Å². The van der Waals surface area contributed by atoms with Crippen molar-refractivity contribution < 1.29 is 19.1 Å². The Bertz CT molecular complexity index is 604. The normalized spacial score (nSPS) is 14.6. The van der Waals surface area contributed by atoms with Gasteiger partial charge in [0.2, 0.25) is 0 Å². The number of hydrogen-bond donors (Lipinski definition) is 1. The van der Waals surface area contributed by atoms with Gasteiger partial charge in [0, 0.05) is 13.1 Å². The number of carbonyl (C=O) groups excluding carboxylic acids is 3. The van der Waals surface area contributed by atoms with E-state index in [1.807, 2.05) is 0 Å². The number of hydrazone groups is 1. The minimum atomic E-state index is -0.741. The smallest absolute Gasteiger partial charge is 0.337 e. The Hall–Kier alpha value is -2.70. The maximum atomic E-state index is 11.9. The summed E-state index contributed by atoms with van der Waals surface area (Å²) in [6, 6.07) is 6.50. The number of nitrogens with one attached hydrogen (secondary N) is 1. The second kappa shape index (κ2) is 8.07. The van der Waals surface area contributed by atoms with Gasteiger partial charge in [-0.2, -0.15) is 5.10 Å². The predicted octanol–water partition coefficient (Wildman–Crippen LogP) is 0.936. The first-order valence-corrected chi connectivity index (χ1v) is 7.42. The van der Waals surface area contributed by atoms with Gasteiger partial charge in [-0.3, -0.25) is 9.59 Å². The highest BCUT2D eigenvalue weighted by Gasteiger charge is 2.22. The molecule has 7 heteroatoms. The fourth-order valence-corrected chi connectivity index (χ4v) is 2.28. The molecule has 0 bridgehead atoms. The molecule has 1 saturated heterocycles. The maximum Gasteiger partial charge on any atom is 0.337 e. The van der Waals surface area contributed by atoms with E-state index in [9.17, 15) is 14.4 Å². The molecule has 1 aliphatic rings. The molecule has 122 valence electrons. The van der Waals surface area contributed by atoms with E-state index in [2.05, 4.69) is 15.3 Å². The standard InChI is InChI=1S/C16H19N3O4/c1-23-16(22)13-7-5-12(6-8-13)11-17-18-14(20)15(21)19-9-3-2-4-10-19/h5-8,11H,2-4,9-10H2,1H3,(H,18,20). The first-order chi connectivity index (χ1) is 11.1. The Balaban J connectivity index is 1.86. The average molecular weight is 317 g/mol. The highest BCUT2D eigenvalue weighted by molar-refractivity contribution is 6.35. The summed E-state index contributed by atoms with van der Waals surface area (Å²) in [6.07, 6.45) is 4.34. The maximum absolute atomic E-state index is 11.9. The number of carbonyl (C=O) groups is 3. The number of ether oxygens (including phenoxy) is 1. The average Bonchev–Trinajstić information content (AvgIpc) is 2.61. The highest BCUT2D eigenvalue weighted by Crippen LogP contribution is 2.08. The Morgan fingerprint density at radius 3 is 2.39 bits per heavy atom. The van der Waals surface area contributed by atoms with E-state index in [0.717, 1.165) is 19.3 Å². The zero-order valence-corrected chi connectivity index (χ0v) is 12.9. The minimum absolute atomic E-state index is 0.422. The van der Waals surface area contributed by atoms with Crippen molar-refractivity contribution in [2.45, 2.75) is 19.3 Å². The van der Waals surface area contributed by atoms with Crippen LogP contribution in [0, 0.1) is 0 Å². The van der Waals surface area contributed by atoms with Gasteiger partial charge in [-0.25, -0.2) is 10.2 Å². The molecule has 1 aromatic rings. The van der Waals surface area contributed by atoms with Crippen molar-refractivity contribution in [2.75, 3.05) is 20.2 Å². The van der Waals surface area contributed by atoms with Gasteiger partial charge in [0.1, 0.15) is 0 Å². The molecule has 1 aliphatic heterocycles. The fraction of sp³-hybridized carbons (Fsp3) is 0.375. The predicted molar refractivity (Wildman–Crippen MR) is 83.9 cm³/mol. The lowest BCUT2D eigenvalue weighted by atomic mass is 10.1. The van der Waals surface area contributed by atoms with Gasteiger partial charge in [0.15, 0.2) is 0 Å². The molecule has 2 rings (SSSR count). The van der Waals surface area contributed by atoms with Crippen molar-refractivity contribution in [3.8, 4) is 0 Å². The number of hydrogen-bond acceptors (Lipinski definition) is 5. The molecule has 0 radical (unpaired) electrons. The molecule has 0 aliphatic carbocycles. The highest BCUT2D eigenvalue weighted by atomic mass is 16.5. The molecule has 7 nitrogen and oxygen atoms in total. The van der Waals surface area contributed by atoms with Crippen molar-refractivity contribution in [1.82, 2.24) is 10.3 Å². The summed E-state index contributed by atoms with van der Waals surface area (Å²) in [5.74, 6) is -1.72. The van der Waals surface area contributed by atoms with E-state index >= 15 is 0 Å². The third-order valence-corrected chi connectivity index (χ3v) is 3.55. The summed E-state index contributed by atoms with van der Waals surface area (Å²) in [5.41, 5.74) is 3.33. The molecule has 1 fully saturated rings. The number of amides is 2. The first-order valence-electron chi connectivity index (χ1n) is 7.42. The molecule has 0 spiro atoms. The van der Waals surface area contributed by atoms with E-state index in [0.29, 0.717) is 24.2 Å². The molecule has 1 aromatic carbocycles. The number of methoxy groups -OCH3 is 1. The van der Waals surface area contributed by atoms with E-state index < -0.39 is 17.8 Å². The largest absolute Gasteiger partial charge is 0.465 e. The lowest BCUT2D eigenvalue weighted by molar-refractivity contribution is -0.146. The quantitative estimate of drug-likeness (QED) is 0.389. The Morgan fingerprint density at radius 2 is 1.78 bits per heavy atom. The van der Waals surface area contributed by atoms with Crippen molar-refractivity contribution in [1.29, 1.82) is 0 Å². The Kier molecular flexibility index (Phi) is 5.85. The van der Waals surface area contributed by atoms with Crippen LogP contribution in [0.2, 0.25) is 0 Å². The molecule has 0 unspecified atom stereocenters.